The molecule has 1 aromatic carbocycles. The van der Waals surface area contributed by atoms with E-state index in [2.05, 4.69) is 5.32 Å². The highest BCUT2D eigenvalue weighted by Gasteiger charge is 2.32. The Kier molecular flexibility index (Phi) is 7.02. The lowest BCUT2D eigenvalue weighted by Gasteiger charge is -2.34. The van der Waals surface area contributed by atoms with E-state index in [1.54, 1.807) is 0 Å². The van der Waals surface area contributed by atoms with Gasteiger partial charge in [-0.3, -0.25) is 4.79 Å². The lowest BCUT2D eigenvalue weighted by Crippen LogP contribution is -2.49. The monoisotopic (exact) mass is 397 g/mol. The Hall–Kier alpha value is -1.48. The van der Waals surface area contributed by atoms with Crippen molar-refractivity contribution in [1.29, 1.82) is 0 Å². The lowest BCUT2D eigenvalue weighted by atomic mass is 9.94. The van der Waals surface area contributed by atoms with Crippen molar-refractivity contribution in [1.82, 2.24) is 9.62 Å². The molecule has 0 spiro atoms. The smallest absolute Gasteiger partial charge is 0.251 e. The van der Waals surface area contributed by atoms with Gasteiger partial charge in [-0.15, -0.1) is 0 Å². The number of rotatable bonds is 7. The lowest BCUT2D eigenvalue weighted by molar-refractivity contribution is -0.0440. The van der Waals surface area contributed by atoms with Gasteiger partial charge in [-0.1, -0.05) is 13.8 Å². The maximum absolute atomic E-state index is 12.8. The van der Waals surface area contributed by atoms with Gasteiger partial charge < -0.3 is 15.8 Å². The summed E-state index contributed by atoms with van der Waals surface area (Å²) in [5, 5.41) is 2.83. The highest BCUT2D eigenvalue weighted by atomic mass is 32.2. The largest absolute Gasteiger partial charge is 0.373 e. The van der Waals surface area contributed by atoms with Crippen molar-refractivity contribution in [3.05, 3.63) is 29.8 Å². The first kappa shape index (κ1) is 21.8. The molecule has 2 atom stereocenters. The number of carbonyl (C=O) groups is 1. The summed E-state index contributed by atoms with van der Waals surface area (Å²) in [7, 11) is -3.61. The Morgan fingerprint density at radius 3 is 2.19 bits per heavy atom. The third-order valence-electron chi connectivity index (χ3n) is 5.15. The molecule has 0 aliphatic carbocycles. The molecule has 8 heteroatoms. The topological polar surface area (TPSA) is 102 Å². The number of benzene rings is 1. The zero-order valence-corrected chi connectivity index (χ0v) is 17.4. The average molecular weight is 398 g/mol. The van der Waals surface area contributed by atoms with Crippen LogP contribution in [0.15, 0.2) is 29.2 Å². The third kappa shape index (κ3) is 5.28. The summed E-state index contributed by atoms with van der Waals surface area (Å²) < 4.78 is 32.7. The first-order valence-electron chi connectivity index (χ1n) is 9.44. The van der Waals surface area contributed by atoms with Gasteiger partial charge in [0.05, 0.1) is 17.1 Å². The molecule has 2 rings (SSSR count). The molecule has 0 saturated carbocycles. The van der Waals surface area contributed by atoms with Gasteiger partial charge in [-0.2, -0.15) is 4.31 Å². The Morgan fingerprint density at radius 2 is 1.70 bits per heavy atom. The van der Waals surface area contributed by atoms with Crippen molar-refractivity contribution in [2.24, 2.45) is 5.73 Å². The molecule has 7 nitrogen and oxygen atoms in total. The summed E-state index contributed by atoms with van der Waals surface area (Å²) >= 11 is 0. The Bertz CT molecular complexity index is 735. The van der Waals surface area contributed by atoms with Crippen molar-refractivity contribution >= 4 is 15.9 Å². The van der Waals surface area contributed by atoms with Crippen LogP contribution in [0.5, 0.6) is 0 Å². The van der Waals surface area contributed by atoms with E-state index >= 15 is 0 Å². The van der Waals surface area contributed by atoms with Gasteiger partial charge in [-0.25, -0.2) is 8.42 Å². The molecule has 1 saturated heterocycles. The Morgan fingerprint density at radius 1 is 1.19 bits per heavy atom. The minimum Gasteiger partial charge on any atom is -0.373 e. The van der Waals surface area contributed by atoms with Gasteiger partial charge in [0, 0.05) is 30.7 Å². The Labute approximate surface area is 162 Å². The van der Waals surface area contributed by atoms with E-state index in [1.807, 2.05) is 27.7 Å². The van der Waals surface area contributed by atoms with Gasteiger partial charge in [0.2, 0.25) is 10.0 Å². The molecular weight excluding hydrogens is 366 g/mol. The number of nitrogens with two attached hydrogens (primary N) is 1. The highest BCUT2D eigenvalue weighted by molar-refractivity contribution is 7.89. The first-order valence-corrected chi connectivity index (χ1v) is 10.9. The molecule has 0 bridgehead atoms. The summed E-state index contributed by atoms with van der Waals surface area (Å²) in [6.45, 7) is 8.71. The number of morpholine rings is 1. The third-order valence-corrected chi connectivity index (χ3v) is 7.00. The summed E-state index contributed by atoms with van der Waals surface area (Å²) in [6.07, 6.45) is 1.22. The fourth-order valence-electron chi connectivity index (χ4n) is 3.11. The number of nitrogens with zero attached hydrogens (tertiary/aromatic N) is 1. The van der Waals surface area contributed by atoms with Gasteiger partial charge in [0.1, 0.15) is 0 Å². The molecule has 0 radical (unpaired) electrons. The van der Waals surface area contributed by atoms with Crippen LogP contribution in [0.1, 0.15) is 50.9 Å². The molecular formula is C19H31N3O4S. The second kappa shape index (κ2) is 8.68. The molecule has 1 aliphatic heterocycles. The summed E-state index contributed by atoms with van der Waals surface area (Å²) in [5.74, 6) is -0.260. The molecule has 1 amide bonds. The zero-order valence-electron chi connectivity index (χ0n) is 16.6. The van der Waals surface area contributed by atoms with E-state index < -0.39 is 15.6 Å². The van der Waals surface area contributed by atoms with Gasteiger partial charge in [0.15, 0.2) is 0 Å². The van der Waals surface area contributed by atoms with E-state index in [0.717, 1.165) is 12.8 Å². The molecule has 0 aromatic heterocycles. The summed E-state index contributed by atoms with van der Waals surface area (Å²) in [6, 6.07) is 6.02. The second-order valence-corrected chi connectivity index (χ2v) is 9.29. The maximum Gasteiger partial charge on any atom is 0.251 e. The number of hydrogen-bond donors (Lipinski definition) is 2. The number of hydrogen-bond acceptors (Lipinski definition) is 5. The van der Waals surface area contributed by atoms with Crippen molar-refractivity contribution in [3.8, 4) is 0 Å². The van der Waals surface area contributed by atoms with Crippen molar-refractivity contribution in [2.45, 2.75) is 63.2 Å². The SMILES string of the molecule is CCC(N)(CC)CNC(=O)c1ccc(S(=O)(=O)N2CC(C)OC(C)C2)cc1. The van der Waals surface area contributed by atoms with E-state index in [9.17, 15) is 13.2 Å². The predicted octanol–water partition coefficient (Wildman–Crippen LogP) is 1.73. The average Bonchev–Trinajstić information content (AvgIpc) is 2.65. The number of sulfonamides is 1. The van der Waals surface area contributed by atoms with Crippen molar-refractivity contribution < 1.29 is 17.9 Å². The number of amides is 1. The summed E-state index contributed by atoms with van der Waals surface area (Å²) in [5.41, 5.74) is 6.18. The molecule has 1 aromatic rings. The van der Waals surface area contributed by atoms with E-state index in [-0.39, 0.29) is 23.0 Å². The molecule has 3 N–H and O–H groups in total. The van der Waals surface area contributed by atoms with Crippen molar-refractivity contribution in [2.75, 3.05) is 19.6 Å². The van der Waals surface area contributed by atoms with Crippen LogP contribution in [0.3, 0.4) is 0 Å². The van der Waals surface area contributed by atoms with Crippen molar-refractivity contribution in [3.63, 3.8) is 0 Å². The maximum atomic E-state index is 12.8. The summed E-state index contributed by atoms with van der Waals surface area (Å²) in [4.78, 5) is 12.5. The van der Waals surface area contributed by atoms with Crippen LogP contribution in [0.25, 0.3) is 0 Å². The first-order chi connectivity index (χ1) is 12.6. The number of carbonyl (C=O) groups excluding carboxylic acids is 1. The van der Waals surface area contributed by atoms with Gasteiger partial charge in [0.25, 0.3) is 5.91 Å². The molecule has 1 fully saturated rings. The van der Waals surface area contributed by atoms with E-state index in [0.29, 0.717) is 25.2 Å². The highest BCUT2D eigenvalue weighted by Crippen LogP contribution is 2.21. The zero-order chi connectivity index (χ0) is 20.2. The normalized spacial score (nSPS) is 21.8. The van der Waals surface area contributed by atoms with Crippen LogP contribution in [-0.2, 0) is 14.8 Å². The van der Waals surface area contributed by atoms with Crippen LogP contribution in [-0.4, -0.2) is 56.0 Å². The Balaban J connectivity index is 2.09. The van der Waals surface area contributed by atoms with E-state index in [4.69, 9.17) is 10.5 Å². The molecule has 27 heavy (non-hydrogen) atoms. The molecule has 1 aliphatic rings. The second-order valence-electron chi connectivity index (χ2n) is 7.36. The number of nitrogens with one attached hydrogen (secondary N) is 1. The van der Waals surface area contributed by atoms with Gasteiger partial charge in [-0.05, 0) is 51.0 Å². The predicted molar refractivity (Wildman–Crippen MR) is 105 cm³/mol. The minimum atomic E-state index is -3.61. The van der Waals surface area contributed by atoms with Crippen LogP contribution in [0, 0.1) is 0 Å². The molecule has 2 unspecified atom stereocenters. The van der Waals surface area contributed by atoms with Crippen LogP contribution >= 0.6 is 0 Å². The molecule has 152 valence electrons. The molecule has 1 heterocycles. The van der Waals surface area contributed by atoms with Gasteiger partial charge >= 0.3 is 0 Å². The van der Waals surface area contributed by atoms with Crippen LogP contribution in [0.2, 0.25) is 0 Å². The van der Waals surface area contributed by atoms with Crippen LogP contribution in [0.4, 0.5) is 0 Å². The van der Waals surface area contributed by atoms with Crippen LogP contribution < -0.4 is 11.1 Å². The fraction of sp³-hybridized carbons (Fsp3) is 0.632. The number of ether oxygens (including phenoxy) is 1. The minimum absolute atomic E-state index is 0.151. The quantitative estimate of drug-likeness (QED) is 0.730. The fourth-order valence-corrected chi connectivity index (χ4v) is 4.70. The standard InChI is InChI=1S/C19H31N3O4S/c1-5-19(20,6-2)13-21-18(23)16-7-9-17(10-8-16)27(24,25)22-11-14(3)26-15(4)12-22/h7-10,14-15H,5-6,11-13,20H2,1-4H3,(H,21,23). The van der Waals surface area contributed by atoms with E-state index in [1.165, 1.54) is 28.6 Å².